The van der Waals surface area contributed by atoms with Crippen LogP contribution in [0.1, 0.15) is 18.5 Å². The summed E-state index contributed by atoms with van der Waals surface area (Å²) in [6.45, 7) is 2.04. The van der Waals surface area contributed by atoms with E-state index in [1.807, 2.05) is 0 Å². The first-order chi connectivity index (χ1) is 11.4. The zero-order valence-electron chi connectivity index (χ0n) is 13.6. The number of nitrogens with zero attached hydrogens (tertiary/aromatic N) is 1. The summed E-state index contributed by atoms with van der Waals surface area (Å²) in [5.74, 6) is -2.32. The molecule has 1 atom stereocenters. The van der Waals surface area contributed by atoms with Crippen LogP contribution in [-0.2, 0) is 14.3 Å². The van der Waals surface area contributed by atoms with Gasteiger partial charge < -0.3 is 14.8 Å². The van der Waals surface area contributed by atoms with Crippen LogP contribution in [0.4, 0.5) is 13.6 Å². The predicted molar refractivity (Wildman–Crippen MR) is 80.9 cm³/mol. The lowest BCUT2D eigenvalue weighted by molar-refractivity contribution is -0.136. The number of allylic oxidation sites excluding steroid dienone is 1. The molecule has 0 aromatic heterocycles. The minimum absolute atomic E-state index is 0.0177. The quantitative estimate of drug-likeness (QED) is 0.834. The number of benzene rings is 1. The van der Waals surface area contributed by atoms with Crippen molar-refractivity contribution >= 4 is 12.0 Å². The molecule has 0 saturated carbocycles. The molecule has 1 N–H and O–H groups in total. The van der Waals surface area contributed by atoms with Crippen molar-refractivity contribution < 1.29 is 27.8 Å². The Bertz CT molecular complexity index is 691. The van der Waals surface area contributed by atoms with Gasteiger partial charge in [0.2, 0.25) is 0 Å². The fourth-order valence-corrected chi connectivity index (χ4v) is 2.58. The van der Waals surface area contributed by atoms with Gasteiger partial charge in [-0.25, -0.2) is 18.4 Å². The molecule has 0 fully saturated rings. The predicted octanol–water partition coefficient (Wildman–Crippen LogP) is 2.12. The number of carbonyl (C=O) groups excluding carboxylic acids is 2. The Morgan fingerprint density at radius 1 is 1.33 bits per heavy atom. The highest BCUT2D eigenvalue weighted by molar-refractivity contribution is 5.95. The average Bonchev–Trinajstić information content (AvgIpc) is 2.53. The minimum Gasteiger partial charge on any atom is -0.466 e. The smallest absolute Gasteiger partial charge is 0.337 e. The van der Waals surface area contributed by atoms with Crippen LogP contribution in [0.15, 0.2) is 29.5 Å². The van der Waals surface area contributed by atoms with Gasteiger partial charge in [0.05, 0.1) is 31.9 Å². The number of esters is 1. The Hall–Kier alpha value is -2.48. The van der Waals surface area contributed by atoms with Gasteiger partial charge in [-0.05, 0) is 13.0 Å². The number of carbonyl (C=O) groups is 2. The number of halogens is 2. The Morgan fingerprint density at radius 3 is 2.62 bits per heavy atom. The summed E-state index contributed by atoms with van der Waals surface area (Å²) < 4.78 is 37.0. The molecule has 6 nitrogen and oxygen atoms in total. The highest BCUT2D eigenvalue weighted by Crippen LogP contribution is 2.32. The zero-order chi connectivity index (χ0) is 17.9. The fourth-order valence-electron chi connectivity index (χ4n) is 2.58. The number of rotatable bonds is 5. The molecule has 0 radical (unpaired) electrons. The highest BCUT2D eigenvalue weighted by Gasteiger charge is 2.37. The van der Waals surface area contributed by atoms with Crippen molar-refractivity contribution in [3.05, 3.63) is 46.7 Å². The first kappa shape index (κ1) is 17.9. The lowest BCUT2D eigenvalue weighted by Crippen LogP contribution is -2.49. The molecular formula is C16H18F2N2O4. The van der Waals surface area contributed by atoms with E-state index >= 15 is 0 Å². The minimum atomic E-state index is -1.07. The molecule has 2 rings (SSSR count). The Kier molecular flexibility index (Phi) is 5.50. The van der Waals surface area contributed by atoms with Gasteiger partial charge in [0.1, 0.15) is 11.6 Å². The number of hydrogen-bond acceptors (Lipinski definition) is 4. The molecule has 0 unspecified atom stereocenters. The summed E-state index contributed by atoms with van der Waals surface area (Å²) in [6, 6.07) is 1.38. The number of nitrogens with one attached hydrogen (secondary N) is 1. The summed E-state index contributed by atoms with van der Waals surface area (Å²) in [4.78, 5) is 25.8. The molecule has 2 amide bonds. The normalized spacial score (nSPS) is 17.8. The molecule has 1 aliphatic heterocycles. The number of amides is 2. The third-order valence-corrected chi connectivity index (χ3v) is 3.79. The van der Waals surface area contributed by atoms with Crippen LogP contribution in [0.25, 0.3) is 0 Å². The van der Waals surface area contributed by atoms with Crippen LogP contribution in [0.3, 0.4) is 0 Å². The van der Waals surface area contributed by atoms with E-state index in [2.05, 4.69) is 5.32 Å². The van der Waals surface area contributed by atoms with Gasteiger partial charge in [0.15, 0.2) is 0 Å². The molecule has 1 aromatic carbocycles. The van der Waals surface area contributed by atoms with Gasteiger partial charge in [-0.3, -0.25) is 4.90 Å². The molecule has 0 aliphatic carbocycles. The van der Waals surface area contributed by atoms with Crippen molar-refractivity contribution in [2.24, 2.45) is 0 Å². The van der Waals surface area contributed by atoms with Gasteiger partial charge >= 0.3 is 12.0 Å². The number of hydrogen-bond donors (Lipinski definition) is 1. The first-order valence-corrected chi connectivity index (χ1v) is 7.21. The lowest BCUT2D eigenvalue weighted by Gasteiger charge is -2.35. The van der Waals surface area contributed by atoms with Crippen LogP contribution in [0.2, 0.25) is 0 Å². The van der Waals surface area contributed by atoms with Crippen LogP contribution in [0.5, 0.6) is 0 Å². The number of urea groups is 1. The molecule has 1 aromatic rings. The first-order valence-electron chi connectivity index (χ1n) is 7.21. The van der Waals surface area contributed by atoms with Crippen LogP contribution in [-0.4, -0.2) is 44.3 Å². The van der Waals surface area contributed by atoms with E-state index in [4.69, 9.17) is 9.47 Å². The largest absolute Gasteiger partial charge is 0.466 e. The fraction of sp³-hybridized carbons (Fsp3) is 0.375. The summed E-state index contributed by atoms with van der Waals surface area (Å²) in [7, 11) is 2.68. The Labute approximate surface area is 138 Å². The summed E-state index contributed by atoms with van der Waals surface area (Å²) in [6.07, 6.45) is 0. The van der Waals surface area contributed by atoms with E-state index in [9.17, 15) is 18.4 Å². The molecule has 0 bridgehead atoms. The van der Waals surface area contributed by atoms with E-state index in [-0.39, 0.29) is 24.3 Å². The van der Waals surface area contributed by atoms with Crippen molar-refractivity contribution in [3.8, 4) is 0 Å². The summed E-state index contributed by atoms with van der Waals surface area (Å²) >= 11 is 0. The number of methoxy groups -OCH3 is 2. The van der Waals surface area contributed by atoms with Crippen LogP contribution in [0, 0.1) is 11.6 Å². The topological polar surface area (TPSA) is 67.9 Å². The molecule has 24 heavy (non-hydrogen) atoms. The monoisotopic (exact) mass is 340 g/mol. The van der Waals surface area contributed by atoms with Crippen molar-refractivity contribution in [2.45, 2.75) is 13.0 Å². The van der Waals surface area contributed by atoms with Gasteiger partial charge in [-0.15, -0.1) is 0 Å². The summed E-state index contributed by atoms with van der Waals surface area (Å²) in [5, 5.41) is 2.56. The van der Waals surface area contributed by atoms with Crippen molar-refractivity contribution in [1.82, 2.24) is 10.2 Å². The zero-order valence-corrected chi connectivity index (χ0v) is 13.6. The molecule has 1 aliphatic rings. The summed E-state index contributed by atoms with van der Waals surface area (Å²) in [5.41, 5.74) is 0.394. The van der Waals surface area contributed by atoms with Crippen LogP contribution >= 0.6 is 0 Å². The molecule has 8 heteroatoms. The van der Waals surface area contributed by atoms with E-state index in [0.717, 1.165) is 6.07 Å². The maximum atomic E-state index is 14.1. The van der Waals surface area contributed by atoms with E-state index < -0.39 is 29.7 Å². The second-order valence-corrected chi connectivity index (χ2v) is 5.18. The average molecular weight is 340 g/mol. The van der Waals surface area contributed by atoms with Crippen molar-refractivity contribution in [2.75, 3.05) is 27.4 Å². The molecule has 0 saturated heterocycles. The maximum absolute atomic E-state index is 14.1. The SMILES string of the molecule is COCCN1C(=O)N[C@@H](c2ccc(F)cc2F)C(C(=O)OC)=C1C. The van der Waals surface area contributed by atoms with Gasteiger partial charge in [-0.1, -0.05) is 6.07 Å². The second kappa shape index (κ2) is 7.39. The van der Waals surface area contributed by atoms with E-state index in [1.165, 1.54) is 25.2 Å². The Morgan fingerprint density at radius 2 is 2.04 bits per heavy atom. The standard InChI is InChI=1S/C16H18F2N2O4/c1-9-13(15(21)24-3)14(11-5-4-10(17)8-12(11)18)19-16(22)20(9)6-7-23-2/h4-5,8,14H,6-7H2,1-3H3,(H,19,22)/t14-/m0/s1. The second-order valence-electron chi connectivity index (χ2n) is 5.18. The van der Waals surface area contributed by atoms with E-state index in [1.54, 1.807) is 6.92 Å². The van der Waals surface area contributed by atoms with Crippen molar-refractivity contribution in [3.63, 3.8) is 0 Å². The van der Waals surface area contributed by atoms with Crippen LogP contribution < -0.4 is 5.32 Å². The molecule has 130 valence electrons. The molecule has 1 heterocycles. The Balaban J connectivity index is 2.52. The van der Waals surface area contributed by atoms with E-state index in [0.29, 0.717) is 11.8 Å². The van der Waals surface area contributed by atoms with Gasteiger partial charge in [0, 0.05) is 24.4 Å². The number of ether oxygens (including phenoxy) is 2. The van der Waals surface area contributed by atoms with Gasteiger partial charge in [-0.2, -0.15) is 0 Å². The van der Waals surface area contributed by atoms with Crippen molar-refractivity contribution in [1.29, 1.82) is 0 Å². The molecule has 0 spiro atoms. The third kappa shape index (κ3) is 3.38. The maximum Gasteiger partial charge on any atom is 0.337 e. The third-order valence-electron chi connectivity index (χ3n) is 3.79. The van der Waals surface area contributed by atoms with Gasteiger partial charge in [0.25, 0.3) is 0 Å². The molecular weight excluding hydrogens is 322 g/mol. The lowest BCUT2D eigenvalue weighted by atomic mass is 9.94. The highest BCUT2D eigenvalue weighted by atomic mass is 19.1.